The summed E-state index contributed by atoms with van der Waals surface area (Å²) in [5, 5.41) is 8.07. The molecule has 0 aliphatic heterocycles. The Balaban J connectivity index is 2.17. The molecule has 96 valence electrons. The van der Waals surface area contributed by atoms with Crippen LogP contribution in [0, 0.1) is 6.92 Å². The monoisotopic (exact) mass is 260 g/mol. The van der Waals surface area contributed by atoms with Gasteiger partial charge in [-0.15, -0.1) is 5.10 Å². The number of aromatic nitrogens is 4. The van der Waals surface area contributed by atoms with Gasteiger partial charge in [-0.2, -0.15) is 0 Å². The first-order valence-electron chi connectivity index (χ1n) is 5.73. The number of halogens is 2. The lowest BCUT2D eigenvalue weighted by Gasteiger charge is -2.07. The Kier molecular flexibility index (Phi) is 2.70. The van der Waals surface area contributed by atoms with E-state index in [4.69, 9.17) is 0 Å². The van der Waals surface area contributed by atoms with Crippen molar-refractivity contribution in [1.29, 1.82) is 0 Å². The van der Waals surface area contributed by atoms with Gasteiger partial charge >= 0.3 is 0 Å². The van der Waals surface area contributed by atoms with Crippen LogP contribution in [-0.2, 0) is 0 Å². The van der Waals surface area contributed by atoms with Crippen molar-refractivity contribution in [2.75, 3.05) is 0 Å². The number of alkyl halides is 2. The molecule has 3 aromatic rings. The van der Waals surface area contributed by atoms with Crippen LogP contribution in [0.1, 0.15) is 17.8 Å². The van der Waals surface area contributed by atoms with Gasteiger partial charge in [0.1, 0.15) is 11.2 Å². The molecule has 0 aliphatic carbocycles. The fourth-order valence-corrected chi connectivity index (χ4v) is 1.97. The molecule has 2 aromatic heterocycles. The third-order valence-electron chi connectivity index (χ3n) is 2.88. The Morgan fingerprint density at radius 1 is 1.11 bits per heavy atom. The summed E-state index contributed by atoms with van der Waals surface area (Å²) in [4.78, 5) is 3.90. The van der Waals surface area contributed by atoms with E-state index in [2.05, 4.69) is 15.3 Å². The molecule has 0 unspecified atom stereocenters. The van der Waals surface area contributed by atoms with Crippen molar-refractivity contribution < 1.29 is 8.78 Å². The molecule has 2 heterocycles. The number of rotatable bonds is 2. The minimum atomic E-state index is -2.57. The maximum atomic E-state index is 12.6. The van der Waals surface area contributed by atoms with Gasteiger partial charge < -0.3 is 0 Å². The molecular formula is C13H10F2N4. The molecule has 4 nitrogen and oxygen atoms in total. The minimum absolute atomic E-state index is 0.231. The summed E-state index contributed by atoms with van der Waals surface area (Å²) < 4.78 is 26.8. The topological polar surface area (TPSA) is 43.6 Å². The van der Waals surface area contributed by atoms with Crippen LogP contribution in [0.15, 0.2) is 36.4 Å². The van der Waals surface area contributed by atoms with E-state index >= 15 is 0 Å². The Morgan fingerprint density at radius 2 is 1.89 bits per heavy atom. The Labute approximate surface area is 107 Å². The first-order chi connectivity index (χ1) is 9.16. The van der Waals surface area contributed by atoms with E-state index in [9.17, 15) is 8.78 Å². The Bertz CT molecular complexity index is 736. The molecular weight excluding hydrogens is 250 g/mol. The van der Waals surface area contributed by atoms with Crippen LogP contribution >= 0.6 is 0 Å². The number of hydrogen-bond donors (Lipinski definition) is 0. The van der Waals surface area contributed by atoms with Gasteiger partial charge in [0, 0.05) is 0 Å². The molecule has 6 heteroatoms. The van der Waals surface area contributed by atoms with E-state index in [1.54, 1.807) is 17.7 Å². The van der Waals surface area contributed by atoms with Gasteiger partial charge in [0.15, 0.2) is 0 Å². The highest BCUT2D eigenvalue weighted by Crippen LogP contribution is 2.22. The zero-order valence-electron chi connectivity index (χ0n) is 10.1. The summed E-state index contributed by atoms with van der Waals surface area (Å²) >= 11 is 0. The molecule has 0 bridgehead atoms. The third-order valence-corrected chi connectivity index (χ3v) is 2.88. The summed E-state index contributed by atoms with van der Waals surface area (Å²) in [5.41, 5.74) is 2.48. The lowest BCUT2D eigenvalue weighted by Crippen LogP contribution is -2.03. The smallest absolute Gasteiger partial charge is 0.250 e. The molecule has 0 aliphatic rings. The Morgan fingerprint density at radius 3 is 2.63 bits per heavy atom. The highest BCUT2D eigenvalue weighted by molar-refractivity contribution is 5.76. The molecule has 19 heavy (non-hydrogen) atoms. The second-order valence-electron chi connectivity index (χ2n) is 4.13. The van der Waals surface area contributed by atoms with Crippen molar-refractivity contribution in [2.24, 2.45) is 0 Å². The molecule has 3 rings (SSSR count). The molecule has 0 spiro atoms. The molecule has 0 N–H and O–H groups in total. The van der Waals surface area contributed by atoms with Crippen LogP contribution in [0.5, 0.6) is 0 Å². The van der Waals surface area contributed by atoms with Crippen LogP contribution < -0.4 is 0 Å². The SMILES string of the molecule is Cc1nc(C(F)F)ccc1-n1nnc2ccccc21. The van der Waals surface area contributed by atoms with Crippen molar-refractivity contribution >= 4 is 11.0 Å². The van der Waals surface area contributed by atoms with Crippen molar-refractivity contribution in [3.8, 4) is 5.69 Å². The summed E-state index contributed by atoms with van der Waals surface area (Å²) in [6.07, 6.45) is -2.57. The molecule has 0 saturated carbocycles. The van der Waals surface area contributed by atoms with Gasteiger partial charge in [0.2, 0.25) is 0 Å². The fraction of sp³-hybridized carbons (Fsp3) is 0.154. The average molecular weight is 260 g/mol. The van der Waals surface area contributed by atoms with Crippen LogP contribution in [0.4, 0.5) is 8.78 Å². The molecule has 0 saturated heterocycles. The van der Waals surface area contributed by atoms with E-state index < -0.39 is 6.43 Å². The predicted molar refractivity (Wildman–Crippen MR) is 66.4 cm³/mol. The van der Waals surface area contributed by atoms with Gasteiger partial charge in [0.25, 0.3) is 6.43 Å². The number of fused-ring (bicyclic) bond motifs is 1. The normalized spacial score (nSPS) is 11.4. The second kappa shape index (κ2) is 4.38. The number of para-hydroxylation sites is 1. The first kappa shape index (κ1) is 11.7. The zero-order chi connectivity index (χ0) is 13.4. The fourth-order valence-electron chi connectivity index (χ4n) is 1.97. The lowest BCUT2D eigenvalue weighted by molar-refractivity contribution is 0.146. The lowest BCUT2D eigenvalue weighted by atomic mass is 10.2. The van der Waals surface area contributed by atoms with E-state index in [1.165, 1.54) is 6.07 Å². The molecule has 0 fully saturated rings. The van der Waals surface area contributed by atoms with Crippen LogP contribution in [0.2, 0.25) is 0 Å². The largest absolute Gasteiger partial charge is 0.280 e. The first-order valence-corrected chi connectivity index (χ1v) is 5.73. The highest BCUT2D eigenvalue weighted by atomic mass is 19.3. The quantitative estimate of drug-likeness (QED) is 0.711. The number of benzene rings is 1. The van der Waals surface area contributed by atoms with E-state index in [0.717, 1.165) is 11.0 Å². The summed E-state index contributed by atoms with van der Waals surface area (Å²) in [7, 11) is 0. The standard InChI is InChI=1S/C13H10F2N4/c1-8-11(7-6-10(16-8)13(14)15)19-12-5-3-2-4-9(12)17-18-19/h2-7,13H,1H3. The molecule has 0 radical (unpaired) electrons. The highest BCUT2D eigenvalue weighted by Gasteiger charge is 2.13. The maximum Gasteiger partial charge on any atom is 0.280 e. The van der Waals surface area contributed by atoms with Crippen molar-refractivity contribution in [2.45, 2.75) is 13.3 Å². The second-order valence-corrected chi connectivity index (χ2v) is 4.13. The van der Waals surface area contributed by atoms with Crippen molar-refractivity contribution in [1.82, 2.24) is 20.0 Å². The molecule has 1 aromatic carbocycles. The molecule has 0 atom stereocenters. The predicted octanol–water partition coefficient (Wildman–Crippen LogP) is 3.06. The average Bonchev–Trinajstić information content (AvgIpc) is 2.82. The van der Waals surface area contributed by atoms with E-state index in [1.807, 2.05) is 24.3 Å². The van der Waals surface area contributed by atoms with Crippen molar-refractivity contribution in [3.63, 3.8) is 0 Å². The minimum Gasteiger partial charge on any atom is -0.250 e. The number of hydrogen-bond acceptors (Lipinski definition) is 3. The van der Waals surface area contributed by atoms with Crippen LogP contribution in [0.3, 0.4) is 0 Å². The van der Waals surface area contributed by atoms with E-state index in [0.29, 0.717) is 11.4 Å². The van der Waals surface area contributed by atoms with Crippen LogP contribution in [0.25, 0.3) is 16.7 Å². The van der Waals surface area contributed by atoms with Gasteiger partial charge in [0.05, 0.1) is 16.9 Å². The van der Waals surface area contributed by atoms with Crippen LogP contribution in [-0.4, -0.2) is 20.0 Å². The summed E-state index contributed by atoms with van der Waals surface area (Å²) in [6.45, 7) is 1.68. The van der Waals surface area contributed by atoms with Crippen molar-refractivity contribution in [3.05, 3.63) is 47.8 Å². The summed E-state index contributed by atoms with van der Waals surface area (Å²) in [6, 6.07) is 10.4. The number of pyridine rings is 1. The number of aryl methyl sites for hydroxylation is 1. The van der Waals surface area contributed by atoms with E-state index in [-0.39, 0.29) is 5.69 Å². The van der Waals surface area contributed by atoms with Gasteiger partial charge in [-0.05, 0) is 31.2 Å². The zero-order valence-corrected chi connectivity index (χ0v) is 10.1. The Hall–Kier alpha value is -2.37. The third kappa shape index (κ3) is 1.95. The number of nitrogens with zero attached hydrogens (tertiary/aromatic N) is 4. The summed E-state index contributed by atoms with van der Waals surface area (Å²) in [5.74, 6) is 0. The maximum absolute atomic E-state index is 12.6. The van der Waals surface area contributed by atoms with Gasteiger partial charge in [-0.1, -0.05) is 17.3 Å². The molecule has 0 amide bonds. The van der Waals surface area contributed by atoms with Gasteiger partial charge in [-0.3, -0.25) is 0 Å². The van der Waals surface area contributed by atoms with Gasteiger partial charge in [-0.25, -0.2) is 18.4 Å².